The summed E-state index contributed by atoms with van der Waals surface area (Å²) in [5, 5.41) is 3.11. The van der Waals surface area contributed by atoms with Gasteiger partial charge in [0.15, 0.2) is 0 Å². The monoisotopic (exact) mass is 431 g/mol. The van der Waals surface area contributed by atoms with Gasteiger partial charge in [-0.25, -0.2) is 0 Å². The molecule has 3 rings (SSSR count). The van der Waals surface area contributed by atoms with Crippen molar-refractivity contribution in [1.82, 2.24) is 15.1 Å². The van der Waals surface area contributed by atoms with Gasteiger partial charge in [-0.2, -0.15) is 11.8 Å². The Morgan fingerprint density at radius 3 is 2.50 bits per heavy atom. The number of nitrogens with zero attached hydrogens (tertiary/aromatic N) is 2. The van der Waals surface area contributed by atoms with Crippen molar-refractivity contribution in [2.75, 3.05) is 45.0 Å². The zero-order chi connectivity index (χ0) is 21.2. The molecule has 1 unspecified atom stereocenters. The van der Waals surface area contributed by atoms with E-state index in [1.54, 1.807) is 0 Å². The lowest BCUT2D eigenvalue weighted by Gasteiger charge is -2.33. The molecule has 0 aliphatic carbocycles. The van der Waals surface area contributed by atoms with Gasteiger partial charge in [0, 0.05) is 43.0 Å². The highest BCUT2D eigenvalue weighted by atomic mass is 32.2. The summed E-state index contributed by atoms with van der Waals surface area (Å²) in [5.41, 5.74) is 1.30. The van der Waals surface area contributed by atoms with Crippen molar-refractivity contribution < 1.29 is 9.59 Å². The molecule has 2 saturated heterocycles. The first kappa shape index (κ1) is 23.1. The number of benzene rings is 1. The maximum absolute atomic E-state index is 12.8. The van der Waals surface area contributed by atoms with Crippen molar-refractivity contribution in [3.63, 3.8) is 0 Å². The van der Waals surface area contributed by atoms with Gasteiger partial charge >= 0.3 is 0 Å². The first-order valence-corrected chi connectivity index (χ1v) is 12.7. The topological polar surface area (TPSA) is 52.7 Å². The molecular formula is C24H37N3O2S. The summed E-state index contributed by atoms with van der Waals surface area (Å²) in [6.45, 7) is 7.72. The van der Waals surface area contributed by atoms with Crippen molar-refractivity contribution in [1.29, 1.82) is 0 Å². The number of rotatable bonds is 10. The third kappa shape index (κ3) is 7.31. The van der Waals surface area contributed by atoms with E-state index < -0.39 is 0 Å². The van der Waals surface area contributed by atoms with Crippen LogP contribution in [-0.2, 0) is 15.3 Å². The van der Waals surface area contributed by atoms with Crippen molar-refractivity contribution in [2.45, 2.75) is 44.8 Å². The minimum absolute atomic E-state index is 0.0228. The Hall–Kier alpha value is -1.53. The van der Waals surface area contributed by atoms with E-state index in [4.69, 9.17) is 0 Å². The molecule has 0 aromatic heterocycles. The van der Waals surface area contributed by atoms with Gasteiger partial charge in [0.25, 0.3) is 0 Å². The van der Waals surface area contributed by atoms with E-state index in [2.05, 4.69) is 34.5 Å². The molecule has 0 spiro atoms. The minimum atomic E-state index is 0.0228. The highest BCUT2D eigenvalue weighted by Crippen LogP contribution is 2.21. The number of thioether (sulfide) groups is 1. The van der Waals surface area contributed by atoms with Gasteiger partial charge in [0.2, 0.25) is 11.8 Å². The van der Waals surface area contributed by atoms with Crippen molar-refractivity contribution in [3.8, 4) is 0 Å². The second-order valence-electron chi connectivity index (χ2n) is 8.69. The van der Waals surface area contributed by atoms with E-state index in [-0.39, 0.29) is 23.7 Å². The van der Waals surface area contributed by atoms with E-state index in [1.807, 2.05) is 29.7 Å². The van der Waals surface area contributed by atoms with Crippen molar-refractivity contribution in [3.05, 3.63) is 35.9 Å². The number of carbonyl (C=O) groups is 2. The van der Waals surface area contributed by atoms with Gasteiger partial charge in [-0.15, -0.1) is 0 Å². The van der Waals surface area contributed by atoms with Gasteiger partial charge in [0.05, 0.1) is 0 Å². The lowest BCUT2D eigenvalue weighted by atomic mass is 9.95. The smallest absolute Gasteiger partial charge is 0.226 e. The van der Waals surface area contributed by atoms with E-state index >= 15 is 0 Å². The average molecular weight is 432 g/mol. The van der Waals surface area contributed by atoms with Crippen LogP contribution >= 0.6 is 11.8 Å². The number of hydrogen-bond donors (Lipinski definition) is 1. The van der Waals surface area contributed by atoms with E-state index in [9.17, 15) is 9.59 Å². The summed E-state index contributed by atoms with van der Waals surface area (Å²) in [7, 11) is 0. The summed E-state index contributed by atoms with van der Waals surface area (Å²) in [6.07, 6.45) is 5.23. The van der Waals surface area contributed by atoms with Crippen molar-refractivity contribution in [2.24, 2.45) is 11.8 Å². The molecule has 2 aliphatic heterocycles. The maximum atomic E-state index is 12.8. The van der Waals surface area contributed by atoms with Gasteiger partial charge in [-0.1, -0.05) is 37.3 Å². The summed E-state index contributed by atoms with van der Waals surface area (Å²) in [4.78, 5) is 29.7. The van der Waals surface area contributed by atoms with E-state index in [1.165, 1.54) is 31.5 Å². The molecule has 6 heteroatoms. The Morgan fingerprint density at radius 2 is 1.80 bits per heavy atom. The summed E-state index contributed by atoms with van der Waals surface area (Å²) in [6, 6.07) is 10.4. The molecule has 1 atom stereocenters. The third-order valence-electron chi connectivity index (χ3n) is 6.23. The first-order chi connectivity index (χ1) is 14.6. The number of amides is 2. The molecule has 1 aromatic rings. The molecule has 0 saturated carbocycles. The third-order valence-corrected chi connectivity index (χ3v) is 7.50. The standard InChI is InChI=1S/C24H37N3O2S/c1-20(18-30-19-21-8-3-2-4-9-21)24(29)27-16-10-22(11-17-27)23(28)25-12-7-15-26-13-5-6-14-26/h2-4,8-9,20,22H,5-7,10-19H2,1H3,(H,25,28). The lowest BCUT2D eigenvalue weighted by molar-refractivity contribution is -0.138. The number of nitrogens with one attached hydrogen (secondary N) is 1. The van der Waals surface area contributed by atoms with Crippen LogP contribution in [0.15, 0.2) is 30.3 Å². The van der Waals surface area contributed by atoms with Crippen LogP contribution < -0.4 is 5.32 Å². The largest absolute Gasteiger partial charge is 0.356 e. The normalized spacial score (nSPS) is 19.0. The molecular weight excluding hydrogens is 394 g/mol. The molecule has 5 nitrogen and oxygen atoms in total. The average Bonchev–Trinajstić information content (AvgIpc) is 3.30. The Kier molecular flexibility index (Phi) is 9.53. The predicted molar refractivity (Wildman–Crippen MR) is 124 cm³/mol. The molecule has 2 aliphatic rings. The molecule has 0 radical (unpaired) electrons. The molecule has 0 bridgehead atoms. The van der Waals surface area contributed by atoms with Crippen LogP contribution in [0.5, 0.6) is 0 Å². The van der Waals surface area contributed by atoms with Crippen LogP contribution in [0, 0.1) is 11.8 Å². The molecule has 1 N–H and O–H groups in total. The van der Waals surface area contributed by atoms with Gasteiger partial charge in [0.1, 0.15) is 0 Å². The fourth-order valence-electron chi connectivity index (χ4n) is 4.34. The highest BCUT2D eigenvalue weighted by Gasteiger charge is 2.29. The molecule has 2 heterocycles. The molecule has 2 fully saturated rings. The van der Waals surface area contributed by atoms with Crippen LogP contribution in [0.4, 0.5) is 0 Å². The highest BCUT2D eigenvalue weighted by molar-refractivity contribution is 7.98. The van der Waals surface area contributed by atoms with Gasteiger partial charge in [-0.3, -0.25) is 9.59 Å². The second kappa shape index (κ2) is 12.4. The zero-order valence-corrected chi connectivity index (χ0v) is 19.2. The predicted octanol–water partition coefficient (Wildman–Crippen LogP) is 3.40. The van der Waals surface area contributed by atoms with Crippen LogP contribution in [-0.4, -0.2) is 66.6 Å². The van der Waals surface area contributed by atoms with Crippen LogP contribution in [0.25, 0.3) is 0 Å². The minimum Gasteiger partial charge on any atom is -0.356 e. The Bertz CT molecular complexity index is 656. The summed E-state index contributed by atoms with van der Waals surface area (Å²) < 4.78 is 0. The van der Waals surface area contributed by atoms with E-state index in [0.29, 0.717) is 13.1 Å². The zero-order valence-electron chi connectivity index (χ0n) is 18.4. The lowest BCUT2D eigenvalue weighted by Crippen LogP contribution is -2.45. The molecule has 166 valence electrons. The number of likely N-dealkylation sites (tertiary alicyclic amines) is 2. The molecule has 1 aromatic carbocycles. The van der Waals surface area contributed by atoms with Gasteiger partial charge < -0.3 is 15.1 Å². The van der Waals surface area contributed by atoms with Crippen molar-refractivity contribution >= 4 is 23.6 Å². The van der Waals surface area contributed by atoms with E-state index in [0.717, 1.165) is 43.9 Å². The number of piperidine rings is 1. The Morgan fingerprint density at radius 1 is 1.10 bits per heavy atom. The van der Waals surface area contributed by atoms with Crippen LogP contribution in [0.3, 0.4) is 0 Å². The van der Waals surface area contributed by atoms with Gasteiger partial charge in [-0.05, 0) is 57.3 Å². The number of hydrogen-bond acceptors (Lipinski definition) is 4. The Balaban J connectivity index is 1.28. The fourth-order valence-corrected chi connectivity index (χ4v) is 5.38. The maximum Gasteiger partial charge on any atom is 0.226 e. The fraction of sp³-hybridized carbons (Fsp3) is 0.667. The molecule has 2 amide bonds. The van der Waals surface area contributed by atoms with Crippen LogP contribution in [0.1, 0.15) is 44.6 Å². The molecule has 30 heavy (non-hydrogen) atoms. The first-order valence-electron chi connectivity index (χ1n) is 11.5. The number of carbonyl (C=O) groups excluding carboxylic acids is 2. The van der Waals surface area contributed by atoms with Crippen LogP contribution in [0.2, 0.25) is 0 Å². The Labute approximate surface area is 186 Å². The summed E-state index contributed by atoms with van der Waals surface area (Å²) >= 11 is 1.82. The second-order valence-corrected chi connectivity index (χ2v) is 9.72. The SMILES string of the molecule is CC(CSCc1ccccc1)C(=O)N1CCC(C(=O)NCCCN2CCCC2)CC1. The quantitative estimate of drug-likeness (QED) is 0.577. The summed E-state index contributed by atoms with van der Waals surface area (Å²) in [5.74, 6) is 2.28.